The van der Waals surface area contributed by atoms with Gasteiger partial charge in [0.2, 0.25) is 0 Å². The molecule has 2 nitrogen and oxygen atoms in total. The highest BCUT2D eigenvalue weighted by Gasteiger charge is 2.18. The lowest BCUT2D eigenvalue weighted by atomic mass is 9.99. The van der Waals surface area contributed by atoms with Crippen molar-refractivity contribution in [3.63, 3.8) is 0 Å². The van der Waals surface area contributed by atoms with Gasteiger partial charge in [0.05, 0.1) is 12.7 Å². The van der Waals surface area contributed by atoms with E-state index in [0.717, 1.165) is 5.56 Å². The summed E-state index contributed by atoms with van der Waals surface area (Å²) in [5, 5.41) is 0. The Morgan fingerprint density at radius 2 is 2.07 bits per heavy atom. The molecule has 1 aromatic carbocycles. The minimum atomic E-state index is -0.109. The Hall–Kier alpha value is -1.57. The van der Waals surface area contributed by atoms with Crippen LogP contribution in [0, 0.1) is 13.8 Å². The molecule has 1 unspecified atom stereocenters. The molecule has 0 spiro atoms. The lowest BCUT2D eigenvalue weighted by molar-refractivity contribution is -0.118. The van der Waals surface area contributed by atoms with E-state index < -0.39 is 0 Å². The molecule has 1 aliphatic heterocycles. The normalized spacial score (nSPS) is 20.1. The first-order chi connectivity index (χ1) is 7.16. The Labute approximate surface area is 89.6 Å². The van der Waals surface area contributed by atoms with Crippen LogP contribution in [0.3, 0.4) is 0 Å². The van der Waals surface area contributed by atoms with E-state index in [2.05, 4.69) is 26.0 Å². The number of allylic oxidation sites excluding steroid dienone is 1. The molecule has 2 rings (SSSR count). The highest BCUT2D eigenvalue weighted by atomic mass is 16.5. The molecule has 1 heterocycles. The number of benzene rings is 1. The minimum Gasteiger partial charge on any atom is -0.493 e. The number of carbonyl (C=O) groups is 1. The molecule has 15 heavy (non-hydrogen) atoms. The third-order valence-electron chi connectivity index (χ3n) is 2.79. The van der Waals surface area contributed by atoms with Gasteiger partial charge in [-0.3, -0.25) is 4.79 Å². The van der Waals surface area contributed by atoms with Crippen molar-refractivity contribution >= 4 is 5.78 Å². The van der Waals surface area contributed by atoms with Crippen LogP contribution in [0.25, 0.3) is 0 Å². The smallest absolute Gasteiger partial charge is 0.162 e. The lowest BCUT2D eigenvalue weighted by Crippen LogP contribution is -2.11. The summed E-state index contributed by atoms with van der Waals surface area (Å²) in [5.74, 6) is 0.129. The van der Waals surface area contributed by atoms with Crippen LogP contribution in [0.5, 0.6) is 0 Å². The molecule has 0 bridgehead atoms. The van der Waals surface area contributed by atoms with Crippen molar-refractivity contribution in [3.8, 4) is 0 Å². The van der Waals surface area contributed by atoms with Gasteiger partial charge < -0.3 is 4.74 Å². The fraction of sp³-hybridized carbons (Fsp3) is 0.308. The molecule has 0 aliphatic carbocycles. The predicted molar refractivity (Wildman–Crippen MR) is 58.5 cm³/mol. The number of aryl methyl sites for hydroxylation is 2. The van der Waals surface area contributed by atoms with Crippen LogP contribution in [0.15, 0.2) is 30.5 Å². The van der Waals surface area contributed by atoms with Gasteiger partial charge in [-0.05, 0) is 30.5 Å². The number of hydrogen-bond donors (Lipinski definition) is 0. The number of rotatable bonds is 1. The molecular formula is C13H14O2. The highest BCUT2D eigenvalue weighted by Crippen LogP contribution is 2.26. The molecule has 0 amide bonds. The van der Waals surface area contributed by atoms with E-state index >= 15 is 0 Å². The zero-order chi connectivity index (χ0) is 10.8. The van der Waals surface area contributed by atoms with Gasteiger partial charge in [0.1, 0.15) is 6.10 Å². The number of ketones is 1. The Morgan fingerprint density at radius 1 is 1.27 bits per heavy atom. The van der Waals surface area contributed by atoms with E-state index in [9.17, 15) is 4.79 Å². The molecular weight excluding hydrogens is 188 g/mol. The van der Waals surface area contributed by atoms with E-state index in [4.69, 9.17) is 4.74 Å². The molecule has 1 aromatic rings. The van der Waals surface area contributed by atoms with Gasteiger partial charge in [-0.15, -0.1) is 0 Å². The summed E-state index contributed by atoms with van der Waals surface area (Å²) in [5.41, 5.74) is 3.57. The Kier molecular flexibility index (Phi) is 2.58. The first-order valence-electron chi connectivity index (χ1n) is 5.09. The van der Waals surface area contributed by atoms with Crippen LogP contribution in [0.2, 0.25) is 0 Å². The third-order valence-corrected chi connectivity index (χ3v) is 2.79. The molecule has 0 fully saturated rings. The van der Waals surface area contributed by atoms with Gasteiger partial charge in [0, 0.05) is 6.08 Å². The van der Waals surface area contributed by atoms with E-state index in [1.807, 2.05) is 6.07 Å². The van der Waals surface area contributed by atoms with Gasteiger partial charge >= 0.3 is 0 Å². The second-order valence-corrected chi connectivity index (χ2v) is 3.94. The van der Waals surface area contributed by atoms with Crippen LogP contribution in [0.1, 0.15) is 29.2 Å². The molecule has 78 valence electrons. The SMILES string of the molecule is Cc1ccc(C2CC(=O)C=CO2)cc1C. The molecule has 0 saturated heterocycles. The van der Waals surface area contributed by atoms with Gasteiger partial charge in [-0.25, -0.2) is 0 Å². The molecule has 2 heteroatoms. The Morgan fingerprint density at radius 3 is 2.73 bits per heavy atom. The fourth-order valence-electron chi connectivity index (χ4n) is 1.67. The molecule has 0 saturated carbocycles. The van der Waals surface area contributed by atoms with Crippen LogP contribution >= 0.6 is 0 Å². The summed E-state index contributed by atoms with van der Waals surface area (Å²) < 4.78 is 5.43. The lowest BCUT2D eigenvalue weighted by Gasteiger charge is -2.19. The third kappa shape index (κ3) is 2.09. The topological polar surface area (TPSA) is 26.3 Å². The van der Waals surface area contributed by atoms with Crippen molar-refractivity contribution < 1.29 is 9.53 Å². The molecule has 0 N–H and O–H groups in total. The predicted octanol–water partition coefficient (Wildman–Crippen LogP) is 2.85. The number of carbonyl (C=O) groups excluding carboxylic acids is 1. The highest BCUT2D eigenvalue weighted by molar-refractivity contribution is 5.90. The van der Waals surface area contributed by atoms with Crippen molar-refractivity contribution in [2.45, 2.75) is 26.4 Å². The first-order valence-corrected chi connectivity index (χ1v) is 5.09. The van der Waals surface area contributed by atoms with Crippen molar-refractivity contribution in [2.24, 2.45) is 0 Å². The van der Waals surface area contributed by atoms with Crippen LogP contribution in [0.4, 0.5) is 0 Å². The Bertz CT molecular complexity index is 419. The van der Waals surface area contributed by atoms with Crippen molar-refractivity contribution in [3.05, 3.63) is 47.2 Å². The quantitative estimate of drug-likeness (QED) is 0.700. The maximum absolute atomic E-state index is 11.2. The van der Waals surface area contributed by atoms with E-state index in [0.29, 0.717) is 6.42 Å². The van der Waals surface area contributed by atoms with E-state index in [-0.39, 0.29) is 11.9 Å². The van der Waals surface area contributed by atoms with Gasteiger partial charge in [-0.1, -0.05) is 18.2 Å². The van der Waals surface area contributed by atoms with Crippen LogP contribution < -0.4 is 0 Å². The molecule has 1 atom stereocenters. The summed E-state index contributed by atoms with van der Waals surface area (Å²) in [6.45, 7) is 4.14. The summed E-state index contributed by atoms with van der Waals surface area (Å²) in [6, 6.07) is 6.18. The van der Waals surface area contributed by atoms with Crippen molar-refractivity contribution in [2.75, 3.05) is 0 Å². The summed E-state index contributed by atoms with van der Waals surface area (Å²) >= 11 is 0. The zero-order valence-electron chi connectivity index (χ0n) is 8.99. The maximum atomic E-state index is 11.2. The van der Waals surface area contributed by atoms with Crippen molar-refractivity contribution in [1.82, 2.24) is 0 Å². The van der Waals surface area contributed by atoms with Crippen molar-refractivity contribution in [1.29, 1.82) is 0 Å². The first kappa shape index (κ1) is 9.97. The minimum absolute atomic E-state index is 0.109. The second kappa shape index (κ2) is 3.89. The van der Waals surface area contributed by atoms with Gasteiger partial charge in [-0.2, -0.15) is 0 Å². The van der Waals surface area contributed by atoms with Gasteiger partial charge in [0.25, 0.3) is 0 Å². The summed E-state index contributed by atoms with van der Waals surface area (Å²) in [4.78, 5) is 11.2. The molecule has 0 radical (unpaired) electrons. The number of ether oxygens (including phenoxy) is 1. The second-order valence-electron chi connectivity index (χ2n) is 3.94. The Balaban J connectivity index is 2.26. The standard InChI is InChI=1S/C13H14O2/c1-9-3-4-11(7-10(9)2)13-8-12(14)5-6-15-13/h3-7,13H,8H2,1-2H3. The van der Waals surface area contributed by atoms with E-state index in [1.54, 1.807) is 0 Å². The average Bonchev–Trinajstić information content (AvgIpc) is 2.22. The van der Waals surface area contributed by atoms with Crippen LogP contribution in [-0.4, -0.2) is 5.78 Å². The van der Waals surface area contributed by atoms with E-state index in [1.165, 1.54) is 23.5 Å². The monoisotopic (exact) mass is 202 g/mol. The van der Waals surface area contributed by atoms with Gasteiger partial charge in [0.15, 0.2) is 5.78 Å². The molecule has 0 aromatic heterocycles. The average molecular weight is 202 g/mol. The fourth-order valence-corrected chi connectivity index (χ4v) is 1.67. The number of hydrogen-bond acceptors (Lipinski definition) is 2. The largest absolute Gasteiger partial charge is 0.493 e. The summed E-state index contributed by atoms with van der Waals surface area (Å²) in [6.07, 6.45) is 3.31. The molecule has 1 aliphatic rings. The zero-order valence-corrected chi connectivity index (χ0v) is 8.99. The summed E-state index contributed by atoms with van der Waals surface area (Å²) in [7, 11) is 0. The maximum Gasteiger partial charge on any atom is 0.162 e. The van der Waals surface area contributed by atoms with Crippen LogP contribution in [-0.2, 0) is 9.53 Å².